The normalized spacial score (nSPS) is 10.5. The molecule has 0 saturated carbocycles. The minimum absolute atomic E-state index is 0.0240. The van der Waals surface area contributed by atoms with Crippen LogP contribution >= 0.6 is 0 Å². The molecule has 0 radical (unpaired) electrons. The fourth-order valence-electron chi connectivity index (χ4n) is 3.47. The van der Waals surface area contributed by atoms with Crippen molar-refractivity contribution in [3.05, 3.63) is 105 Å². The van der Waals surface area contributed by atoms with E-state index < -0.39 is 28.9 Å². The molecule has 1 N–H and O–H groups in total. The van der Waals surface area contributed by atoms with Crippen LogP contribution < -0.4 is 15.6 Å². The predicted octanol–water partition coefficient (Wildman–Crippen LogP) is 3.65. The van der Waals surface area contributed by atoms with Gasteiger partial charge in [0.05, 0.1) is 25.7 Å². The fourth-order valence-corrected chi connectivity index (χ4v) is 3.47. The van der Waals surface area contributed by atoms with Gasteiger partial charge >= 0.3 is 0 Å². The maximum atomic E-state index is 13.5. The molecule has 0 bridgehead atoms. The van der Waals surface area contributed by atoms with Crippen molar-refractivity contribution in [2.75, 3.05) is 13.7 Å². The minimum atomic E-state index is -1.59. The number of fused-ring (bicyclic) bond motifs is 1. The number of nitrogens with zero attached hydrogens (tertiary/aromatic N) is 2. The molecule has 2 aromatic heterocycles. The van der Waals surface area contributed by atoms with E-state index in [1.807, 2.05) is 12.1 Å². The molecule has 0 spiro atoms. The summed E-state index contributed by atoms with van der Waals surface area (Å²) in [7, 11) is 1.57. The Hall–Kier alpha value is -4.58. The molecule has 1 amide bonds. The van der Waals surface area contributed by atoms with Gasteiger partial charge in [0.1, 0.15) is 11.3 Å². The first-order chi connectivity index (χ1) is 16.9. The lowest BCUT2D eigenvalue weighted by Crippen LogP contribution is -2.33. The van der Waals surface area contributed by atoms with Gasteiger partial charge in [0.25, 0.3) is 11.5 Å². The van der Waals surface area contributed by atoms with Crippen molar-refractivity contribution < 1.29 is 22.7 Å². The summed E-state index contributed by atoms with van der Waals surface area (Å²) < 4.78 is 46.5. The molecular formula is C26H18F3N3O3. The Balaban J connectivity index is 1.46. The summed E-state index contributed by atoms with van der Waals surface area (Å²) in [6.07, 6.45) is 3.01. The molecule has 35 heavy (non-hydrogen) atoms. The van der Waals surface area contributed by atoms with Crippen LogP contribution in [-0.2, 0) is 6.54 Å². The second kappa shape index (κ2) is 10.1. The highest BCUT2D eigenvalue weighted by molar-refractivity contribution is 5.94. The van der Waals surface area contributed by atoms with E-state index in [1.54, 1.807) is 25.4 Å². The van der Waals surface area contributed by atoms with Crippen LogP contribution in [0.5, 0.6) is 5.75 Å². The highest BCUT2D eigenvalue weighted by Crippen LogP contribution is 2.24. The SMILES string of the molecule is COc1ccnc2ccc(C#CCNC(=O)c3cccn(Cc4cc(F)c(F)c(F)c4)c3=O)cc12. The van der Waals surface area contributed by atoms with Crippen molar-refractivity contribution in [1.29, 1.82) is 0 Å². The van der Waals surface area contributed by atoms with Crippen LogP contribution in [0.1, 0.15) is 21.5 Å². The molecule has 0 aliphatic carbocycles. The lowest BCUT2D eigenvalue weighted by molar-refractivity contribution is 0.0956. The number of ether oxygens (including phenoxy) is 1. The van der Waals surface area contributed by atoms with E-state index in [0.717, 1.165) is 27.6 Å². The Bertz CT molecular complexity index is 1530. The van der Waals surface area contributed by atoms with Crippen LogP contribution in [0.2, 0.25) is 0 Å². The van der Waals surface area contributed by atoms with Crippen molar-refractivity contribution in [1.82, 2.24) is 14.9 Å². The molecule has 4 aromatic rings. The summed E-state index contributed by atoms with van der Waals surface area (Å²) in [5, 5.41) is 3.36. The van der Waals surface area contributed by atoms with Crippen LogP contribution in [0.4, 0.5) is 13.2 Å². The van der Waals surface area contributed by atoms with Crippen molar-refractivity contribution in [3.63, 3.8) is 0 Å². The number of aromatic nitrogens is 2. The van der Waals surface area contributed by atoms with E-state index in [2.05, 4.69) is 22.1 Å². The Morgan fingerprint density at radius 1 is 1.11 bits per heavy atom. The van der Waals surface area contributed by atoms with Gasteiger partial charge in [-0.15, -0.1) is 0 Å². The third-order valence-electron chi connectivity index (χ3n) is 5.15. The molecule has 176 valence electrons. The second-order valence-corrected chi connectivity index (χ2v) is 7.46. The molecule has 0 unspecified atom stereocenters. The van der Waals surface area contributed by atoms with Gasteiger partial charge in [-0.2, -0.15) is 0 Å². The number of hydrogen-bond acceptors (Lipinski definition) is 4. The van der Waals surface area contributed by atoms with Gasteiger partial charge in [-0.3, -0.25) is 14.6 Å². The molecule has 6 nitrogen and oxygen atoms in total. The number of pyridine rings is 2. The number of amides is 1. The third kappa shape index (κ3) is 5.17. The maximum absolute atomic E-state index is 13.5. The molecule has 2 aromatic carbocycles. The summed E-state index contributed by atoms with van der Waals surface area (Å²) in [5.74, 6) is 1.47. The zero-order chi connectivity index (χ0) is 24.9. The Labute approximate surface area is 198 Å². The third-order valence-corrected chi connectivity index (χ3v) is 5.15. The van der Waals surface area contributed by atoms with E-state index in [4.69, 9.17) is 4.74 Å². The van der Waals surface area contributed by atoms with Crippen molar-refractivity contribution in [3.8, 4) is 17.6 Å². The first kappa shape index (κ1) is 23.6. The van der Waals surface area contributed by atoms with Crippen molar-refractivity contribution in [2.24, 2.45) is 0 Å². The zero-order valence-corrected chi connectivity index (χ0v) is 18.4. The number of carbonyl (C=O) groups is 1. The van der Waals surface area contributed by atoms with Gasteiger partial charge in [0, 0.05) is 23.3 Å². The van der Waals surface area contributed by atoms with Crippen molar-refractivity contribution >= 4 is 16.8 Å². The first-order valence-corrected chi connectivity index (χ1v) is 10.4. The highest BCUT2D eigenvalue weighted by atomic mass is 19.2. The monoisotopic (exact) mass is 477 g/mol. The summed E-state index contributed by atoms with van der Waals surface area (Å²) >= 11 is 0. The predicted molar refractivity (Wildman–Crippen MR) is 124 cm³/mol. The molecule has 9 heteroatoms. The number of benzene rings is 2. The van der Waals surface area contributed by atoms with Crippen molar-refractivity contribution in [2.45, 2.75) is 6.54 Å². The largest absolute Gasteiger partial charge is 0.496 e. The number of hydrogen-bond donors (Lipinski definition) is 1. The Morgan fingerprint density at radius 3 is 2.63 bits per heavy atom. The number of carbonyl (C=O) groups excluding carboxylic acids is 1. The lowest BCUT2D eigenvalue weighted by atomic mass is 10.1. The average molecular weight is 477 g/mol. The molecule has 0 saturated heterocycles. The molecule has 2 heterocycles. The van der Waals surface area contributed by atoms with E-state index >= 15 is 0 Å². The standard InChI is InChI=1S/C26H18F3N3O3/c1-35-23-8-10-30-22-7-6-16(12-19(22)23)4-2-9-31-25(33)18-5-3-11-32(26(18)34)15-17-13-20(27)24(29)21(28)14-17/h3,5-8,10-14H,9,15H2,1H3,(H,31,33). The minimum Gasteiger partial charge on any atom is -0.496 e. The lowest BCUT2D eigenvalue weighted by Gasteiger charge is -2.09. The van der Waals surface area contributed by atoms with Gasteiger partial charge in [0.2, 0.25) is 0 Å². The molecule has 0 atom stereocenters. The van der Waals surface area contributed by atoms with E-state index in [0.29, 0.717) is 11.3 Å². The van der Waals surface area contributed by atoms with Crippen LogP contribution in [0, 0.1) is 29.3 Å². The Morgan fingerprint density at radius 2 is 1.89 bits per heavy atom. The molecule has 0 aliphatic heterocycles. The van der Waals surface area contributed by atoms with Gasteiger partial charge in [0.15, 0.2) is 17.5 Å². The van der Waals surface area contributed by atoms with Gasteiger partial charge in [-0.1, -0.05) is 11.8 Å². The smallest absolute Gasteiger partial charge is 0.263 e. The fraction of sp³-hybridized carbons (Fsp3) is 0.115. The average Bonchev–Trinajstić information content (AvgIpc) is 2.85. The number of methoxy groups -OCH3 is 1. The summed E-state index contributed by atoms with van der Waals surface area (Å²) in [6, 6.07) is 11.6. The van der Waals surface area contributed by atoms with E-state index in [9.17, 15) is 22.8 Å². The van der Waals surface area contributed by atoms with Gasteiger partial charge in [-0.25, -0.2) is 13.2 Å². The zero-order valence-electron chi connectivity index (χ0n) is 18.4. The summed E-state index contributed by atoms with van der Waals surface area (Å²) in [4.78, 5) is 29.5. The van der Waals surface area contributed by atoms with Crippen LogP contribution in [-0.4, -0.2) is 29.1 Å². The van der Waals surface area contributed by atoms with Crippen LogP contribution in [0.3, 0.4) is 0 Å². The van der Waals surface area contributed by atoms with Gasteiger partial charge in [-0.05, 0) is 54.1 Å². The van der Waals surface area contributed by atoms with Gasteiger partial charge < -0.3 is 14.6 Å². The molecule has 0 aliphatic rings. The molecule has 4 rings (SSSR count). The highest BCUT2D eigenvalue weighted by Gasteiger charge is 2.14. The van der Waals surface area contributed by atoms with E-state index in [-0.39, 0.29) is 24.2 Å². The first-order valence-electron chi connectivity index (χ1n) is 10.4. The molecule has 0 fully saturated rings. The Kier molecular flexibility index (Phi) is 6.83. The number of nitrogens with one attached hydrogen (secondary N) is 1. The maximum Gasteiger partial charge on any atom is 0.263 e. The number of halogens is 3. The summed E-state index contributed by atoms with van der Waals surface area (Å²) in [6.45, 7) is -0.266. The second-order valence-electron chi connectivity index (χ2n) is 7.46. The topological polar surface area (TPSA) is 73.2 Å². The number of rotatable bonds is 5. The van der Waals surface area contributed by atoms with E-state index in [1.165, 1.54) is 18.3 Å². The summed E-state index contributed by atoms with van der Waals surface area (Å²) in [5.41, 5.74) is 0.652. The quantitative estimate of drug-likeness (QED) is 0.352. The van der Waals surface area contributed by atoms with Crippen LogP contribution in [0.25, 0.3) is 10.9 Å². The molecular weight excluding hydrogens is 459 g/mol. The van der Waals surface area contributed by atoms with Crippen LogP contribution in [0.15, 0.2) is 65.7 Å².